The normalized spacial score (nSPS) is 13.0. The van der Waals surface area contributed by atoms with Gasteiger partial charge in [0.15, 0.2) is 0 Å². The smallest absolute Gasteiger partial charge is 0.256 e. The lowest BCUT2D eigenvalue weighted by Crippen LogP contribution is -2.27. The molecule has 1 aliphatic rings. The summed E-state index contributed by atoms with van der Waals surface area (Å²) < 4.78 is 0. The summed E-state index contributed by atoms with van der Waals surface area (Å²) in [5.74, 6) is -0.287. The first-order chi connectivity index (χ1) is 15.7. The van der Waals surface area contributed by atoms with E-state index in [1.807, 2.05) is 36.5 Å². The molecular weight excluding hydrogens is 418 g/mol. The van der Waals surface area contributed by atoms with Crippen molar-refractivity contribution in [3.63, 3.8) is 0 Å². The fourth-order valence-electron chi connectivity index (χ4n) is 4.40. The first-order valence-electron chi connectivity index (χ1n) is 11.0. The standard InChI is InChI=1S/C26H25N3O2S/c30-24(17-8-2-1-3-9-17)29-26-23(20-11-5-7-13-22(20)32-26)25(31)27-15-14-18-16-28-21-12-6-4-10-19(18)21/h1-4,6,8-10,12,16,28H,5,7,11,13-15H2,(H,27,31)(H,29,30). The first kappa shape index (κ1) is 20.5. The molecule has 2 aromatic heterocycles. The van der Waals surface area contributed by atoms with E-state index in [9.17, 15) is 9.59 Å². The number of rotatable bonds is 6. The summed E-state index contributed by atoms with van der Waals surface area (Å²) in [6, 6.07) is 17.3. The Morgan fingerprint density at radius 2 is 1.72 bits per heavy atom. The van der Waals surface area contributed by atoms with E-state index in [4.69, 9.17) is 0 Å². The van der Waals surface area contributed by atoms with Crippen LogP contribution in [0.15, 0.2) is 60.8 Å². The molecule has 0 fully saturated rings. The predicted octanol–water partition coefficient (Wildman–Crippen LogP) is 5.33. The van der Waals surface area contributed by atoms with Gasteiger partial charge >= 0.3 is 0 Å². The highest BCUT2D eigenvalue weighted by Crippen LogP contribution is 2.38. The molecule has 0 saturated carbocycles. The minimum atomic E-state index is -0.183. The molecule has 6 heteroatoms. The second kappa shape index (κ2) is 9.01. The van der Waals surface area contributed by atoms with E-state index < -0.39 is 0 Å². The van der Waals surface area contributed by atoms with E-state index in [1.165, 1.54) is 15.8 Å². The topological polar surface area (TPSA) is 74.0 Å². The Hall–Kier alpha value is -3.38. The fourth-order valence-corrected chi connectivity index (χ4v) is 5.68. The molecule has 0 atom stereocenters. The van der Waals surface area contributed by atoms with Gasteiger partial charge in [-0.25, -0.2) is 0 Å². The molecule has 32 heavy (non-hydrogen) atoms. The van der Waals surface area contributed by atoms with E-state index in [0.29, 0.717) is 22.7 Å². The number of nitrogens with one attached hydrogen (secondary N) is 3. The Morgan fingerprint density at radius 1 is 0.938 bits per heavy atom. The van der Waals surface area contributed by atoms with Crippen LogP contribution in [0, 0.1) is 0 Å². The number of aromatic nitrogens is 1. The molecule has 0 radical (unpaired) electrons. The summed E-state index contributed by atoms with van der Waals surface area (Å²) in [5.41, 5.74) is 4.63. The Kier molecular flexibility index (Phi) is 5.77. The third kappa shape index (κ3) is 4.06. The molecule has 4 aromatic rings. The van der Waals surface area contributed by atoms with Crippen molar-refractivity contribution in [2.75, 3.05) is 11.9 Å². The Labute approximate surface area is 190 Å². The Morgan fingerprint density at radius 3 is 2.59 bits per heavy atom. The minimum absolute atomic E-state index is 0.104. The van der Waals surface area contributed by atoms with Crippen LogP contribution >= 0.6 is 11.3 Å². The molecule has 2 heterocycles. The molecule has 5 rings (SSSR count). The zero-order chi connectivity index (χ0) is 21.9. The highest BCUT2D eigenvalue weighted by atomic mass is 32.1. The van der Waals surface area contributed by atoms with Gasteiger partial charge in [-0.3, -0.25) is 9.59 Å². The van der Waals surface area contributed by atoms with Gasteiger partial charge in [0.2, 0.25) is 0 Å². The summed E-state index contributed by atoms with van der Waals surface area (Å²) in [4.78, 5) is 30.5. The summed E-state index contributed by atoms with van der Waals surface area (Å²) in [7, 11) is 0. The van der Waals surface area contributed by atoms with Crippen molar-refractivity contribution in [1.29, 1.82) is 0 Å². The highest BCUT2D eigenvalue weighted by molar-refractivity contribution is 7.17. The molecule has 0 bridgehead atoms. The van der Waals surface area contributed by atoms with Crippen molar-refractivity contribution in [3.05, 3.63) is 87.9 Å². The van der Waals surface area contributed by atoms with Crippen LogP contribution in [0.4, 0.5) is 5.00 Å². The summed E-state index contributed by atoms with van der Waals surface area (Å²) in [6.07, 6.45) is 6.81. The van der Waals surface area contributed by atoms with Crippen molar-refractivity contribution in [2.45, 2.75) is 32.1 Å². The maximum Gasteiger partial charge on any atom is 0.256 e. The monoisotopic (exact) mass is 443 g/mol. The first-order valence-corrected chi connectivity index (χ1v) is 11.9. The predicted molar refractivity (Wildman–Crippen MR) is 130 cm³/mol. The van der Waals surface area contributed by atoms with Crippen LogP contribution in [-0.4, -0.2) is 23.3 Å². The number of aryl methyl sites for hydroxylation is 1. The van der Waals surface area contributed by atoms with E-state index in [-0.39, 0.29) is 11.8 Å². The summed E-state index contributed by atoms with van der Waals surface area (Å²) >= 11 is 1.55. The molecule has 2 aromatic carbocycles. The molecular formula is C26H25N3O2S. The van der Waals surface area contributed by atoms with Gasteiger partial charge in [-0.05, 0) is 61.4 Å². The van der Waals surface area contributed by atoms with Crippen LogP contribution in [0.5, 0.6) is 0 Å². The van der Waals surface area contributed by atoms with Gasteiger partial charge in [-0.1, -0.05) is 36.4 Å². The zero-order valence-corrected chi connectivity index (χ0v) is 18.6. The van der Waals surface area contributed by atoms with Crippen molar-refractivity contribution in [1.82, 2.24) is 10.3 Å². The Bertz CT molecular complexity index is 1270. The molecule has 0 saturated heterocycles. The number of amides is 2. The third-order valence-electron chi connectivity index (χ3n) is 6.02. The van der Waals surface area contributed by atoms with Gasteiger partial charge in [0, 0.05) is 34.1 Å². The number of thiophene rings is 1. The van der Waals surface area contributed by atoms with E-state index in [1.54, 1.807) is 23.5 Å². The quantitative estimate of drug-likeness (QED) is 0.377. The van der Waals surface area contributed by atoms with E-state index in [2.05, 4.69) is 27.8 Å². The van der Waals surface area contributed by atoms with E-state index in [0.717, 1.165) is 43.2 Å². The average Bonchev–Trinajstić information content (AvgIpc) is 3.40. The lowest BCUT2D eigenvalue weighted by atomic mass is 9.95. The number of hydrogen-bond donors (Lipinski definition) is 3. The largest absolute Gasteiger partial charge is 0.361 e. The molecule has 5 nitrogen and oxygen atoms in total. The van der Waals surface area contributed by atoms with Gasteiger partial charge < -0.3 is 15.6 Å². The molecule has 1 aliphatic carbocycles. The number of aromatic amines is 1. The molecule has 2 amide bonds. The second-order valence-corrected chi connectivity index (χ2v) is 9.21. The van der Waals surface area contributed by atoms with E-state index >= 15 is 0 Å². The van der Waals surface area contributed by atoms with Gasteiger partial charge in [0.1, 0.15) is 5.00 Å². The molecule has 162 valence electrons. The average molecular weight is 444 g/mol. The summed E-state index contributed by atoms with van der Waals surface area (Å²) in [5, 5.41) is 7.95. The lowest BCUT2D eigenvalue weighted by molar-refractivity contribution is 0.0954. The number of carbonyl (C=O) groups excluding carboxylic acids is 2. The van der Waals surface area contributed by atoms with Crippen molar-refractivity contribution in [3.8, 4) is 0 Å². The van der Waals surface area contributed by atoms with Crippen LogP contribution in [0.25, 0.3) is 10.9 Å². The maximum atomic E-state index is 13.2. The molecule has 0 spiro atoms. The van der Waals surface area contributed by atoms with Crippen LogP contribution in [0.3, 0.4) is 0 Å². The molecule has 3 N–H and O–H groups in total. The number of carbonyl (C=O) groups is 2. The number of hydrogen-bond acceptors (Lipinski definition) is 3. The van der Waals surface area contributed by atoms with Crippen LogP contribution < -0.4 is 10.6 Å². The van der Waals surface area contributed by atoms with Gasteiger partial charge in [0.05, 0.1) is 5.56 Å². The van der Waals surface area contributed by atoms with Crippen LogP contribution in [0.1, 0.15) is 49.6 Å². The molecule has 0 unspecified atom stereocenters. The van der Waals surface area contributed by atoms with Gasteiger partial charge in [-0.2, -0.15) is 0 Å². The number of H-pyrrole nitrogens is 1. The number of benzene rings is 2. The Balaban J connectivity index is 1.34. The fraction of sp³-hybridized carbons (Fsp3) is 0.231. The van der Waals surface area contributed by atoms with Crippen LogP contribution in [0.2, 0.25) is 0 Å². The highest BCUT2D eigenvalue weighted by Gasteiger charge is 2.26. The van der Waals surface area contributed by atoms with Crippen molar-refractivity contribution in [2.24, 2.45) is 0 Å². The van der Waals surface area contributed by atoms with Crippen molar-refractivity contribution >= 4 is 39.1 Å². The number of fused-ring (bicyclic) bond motifs is 2. The number of anilines is 1. The van der Waals surface area contributed by atoms with Crippen LogP contribution in [-0.2, 0) is 19.3 Å². The lowest BCUT2D eigenvalue weighted by Gasteiger charge is -2.13. The van der Waals surface area contributed by atoms with Gasteiger partial charge in [-0.15, -0.1) is 11.3 Å². The van der Waals surface area contributed by atoms with Crippen molar-refractivity contribution < 1.29 is 9.59 Å². The maximum absolute atomic E-state index is 13.2. The third-order valence-corrected chi connectivity index (χ3v) is 7.22. The SMILES string of the molecule is O=C(Nc1sc2c(c1C(=O)NCCc1c[nH]c3ccccc13)CCCC2)c1ccccc1. The summed E-state index contributed by atoms with van der Waals surface area (Å²) in [6.45, 7) is 0.539. The molecule has 0 aliphatic heterocycles. The zero-order valence-electron chi connectivity index (χ0n) is 17.7. The second-order valence-electron chi connectivity index (χ2n) is 8.10. The number of para-hydroxylation sites is 1. The minimum Gasteiger partial charge on any atom is -0.361 e. The van der Waals surface area contributed by atoms with Gasteiger partial charge in [0.25, 0.3) is 11.8 Å².